The third-order valence-electron chi connectivity index (χ3n) is 4.44. The monoisotopic (exact) mass is 273 g/mol. The highest BCUT2D eigenvalue weighted by molar-refractivity contribution is 5.65. The molecular formula is C14H19N5O. The van der Waals surface area contributed by atoms with Crippen molar-refractivity contribution in [1.82, 2.24) is 24.9 Å². The van der Waals surface area contributed by atoms with Crippen LogP contribution in [0.1, 0.15) is 16.8 Å². The van der Waals surface area contributed by atoms with E-state index < -0.39 is 0 Å². The van der Waals surface area contributed by atoms with E-state index in [0.717, 1.165) is 38.2 Å². The Morgan fingerprint density at radius 1 is 1.50 bits per heavy atom. The third-order valence-corrected chi connectivity index (χ3v) is 4.44. The molecule has 2 aliphatic heterocycles. The van der Waals surface area contributed by atoms with Crippen LogP contribution in [-0.4, -0.2) is 50.2 Å². The zero-order valence-electron chi connectivity index (χ0n) is 11.6. The molecule has 20 heavy (non-hydrogen) atoms. The molecule has 6 heteroatoms. The van der Waals surface area contributed by atoms with Crippen molar-refractivity contribution in [1.29, 1.82) is 0 Å². The van der Waals surface area contributed by atoms with Crippen LogP contribution in [0.15, 0.2) is 6.20 Å². The van der Waals surface area contributed by atoms with E-state index in [0.29, 0.717) is 0 Å². The molecule has 0 amide bonds. The van der Waals surface area contributed by atoms with Crippen molar-refractivity contribution >= 4 is 0 Å². The Balaban J connectivity index is 1.91. The van der Waals surface area contributed by atoms with Crippen LogP contribution in [0, 0.1) is 5.92 Å². The molecule has 2 aromatic heterocycles. The molecule has 6 nitrogen and oxygen atoms in total. The Hall–Kier alpha value is -1.66. The lowest BCUT2D eigenvalue weighted by Gasteiger charge is -2.22. The van der Waals surface area contributed by atoms with Gasteiger partial charge in [0.05, 0.1) is 23.3 Å². The number of aromatic nitrogens is 4. The number of hydrogen-bond donors (Lipinski definition) is 2. The first-order chi connectivity index (χ1) is 9.76. The summed E-state index contributed by atoms with van der Waals surface area (Å²) < 4.78 is 2.08. The van der Waals surface area contributed by atoms with Crippen LogP contribution in [0.25, 0.3) is 11.4 Å². The van der Waals surface area contributed by atoms with Crippen LogP contribution in [0.4, 0.5) is 0 Å². The Morgan fingerprint density at radius 3 is 3.25 bits per heavy atom. The number of H-pyrrole nitrogens is 1. The van der Waals surface area contributed by atoms with E-state index in [9.17, 15) is 5.11 Å². The van der Waals surface area contributed by atoms with E-state index >= 15 is 0 Å². The zero-order chi connectivity index (χ0) is 13.7. The van der Waals surface area contributed by atoms with E-state index in [1.807, 2.05) is 6.20 Å². The first-order valence-electron chi connectivity index (χ1n) is 7.17. The molecule has 0 fully saturated rings. The van der Waals surface area contributed by atoms with Crippen molar-refractivity contribution in [3.8, 4) is 11.4 Å². The van der Waals surface area contributed by atoms with E-state index in [4.69, 9.17) is 5.10 Å². The SMILES string of the molecule is CN1CCc2nn3c(c2C1)-c1[nH]ncc1CC(CO)C3. The van der Waals surface area contributed by atoms with Gasteiger partial charge < -0.3 is 10.0 Å². The number of aliphatic hydroxyl groups excluding tert-OH is 1. The lowest BCUT2D eigenvalue weighted by Crippen LogP contribution is -2.26. The molecule has 2 aliphatic rings. The molecule has 106 valence electrons. The van der Waals surface area contributed by atoms with Crippen LogP contribution >= 0.6 is 0 Å². The Morgan fingerprint density at radius 2 is 2.40 bits per heavy atom. The number of rotatable bonds is 1. The maximum atomic E-state index is 9.57. The quantitative estimate of drug-likeness (QED) is 0.790. The van der Waals surface area contributed by atoms with Crippen molar-refractivity contribution in [3.05, 3.63) is 23.0 Å². The van der Waals surface area contributed by atoms with Gasteiger partial charge in [-0.15, -0.1) is 0 Å². The molecule has 4 heterocycles. The average Bonchev–Trinajstić information content (AvgIpc) is 2.98. The summed E-state index contributed by atoms with van der Waals surface area (Å²) in [6.07, 6.45) is 3.75. The summed E-state index contributed by atoms with van der Waals surface area (Å²) in [4.78, 5) is 2.33. The van der Waals surface area contributed by atoms with Crippen LogP contribution < -0.4 is 0 Å². The van der Waals surface area contributed by atoms with Gasteiger partial charge in [-0.25, -0.2) is 0 Å². The number of hydrogen-bond acceptors (Lipinski definition) is 4. The molecule has 4 rings (SSSR count). The van der Waals surface area contributed by atoms with Gasteiger partial charge in [0.2, 0.25) is 0 Å². The molecule has 0 spiro atoms. The van der Waals surface area contributed by atoms with E-state index in [2.05, 4.69) is 26.8 Å². The average molecular weight is 273 g/mol. The Bertz CT molecular complexity index is 644. The van der Waals surface area contributed by atoms with Gasteiger partial charge in [0.25, 0.3) is 0 Å². The fourth-order valence-corrected chi connectivity index (χ4v) is 3.39. The van der Waals surface area contributed by atoms with Gasteiger partial charge in [-0.3, -0.25) is 9.78 Å². The summed E-state index contributed by atoms with van der Waals surface area (Å²) >= 11 is 0. The molecule has 1 atom stereocenters. The lowest BCUT2D eigenvalue weighted by molar-refractivity contribution is 0.208. The van der Waals surface area contributed by atoms with Gasteiger partial charge in [-0.2, -0.15) is 10.2 Å². The van der Waals surface area contributed by atoms with Gasteiger partial charge in [0.15, 0.2) is 0 Å². The van der Waals surface area contributed by atoms with Crippen LogP contribution in [0.3, 0.4) is 0 Å². The minimum atomic E-state index is 0.189. The second-order valence-electron chi connectivity index (χ2n) is 5.97. The minimum Gasteiger partial charge on any atom is -0.396 e. The molecule has 0 saturated carbocycles. The predicted molar refractivity (Wildman–Crippen MR) is 74.1 cm³/mol. The summed E-state index contributed by atoms with van der Waals surface area (Å²) in [7, 11) is 2.15. The summed E-state index contributed by atoms with van der Waals surface area (Å²) in [6.45, 7) is 2.97. The summed E-state index contributed by atoms with van der Waals surface area (Å²) in [5.74, 6) is 0.215. The number of nitrogens with one attached hydrogen (secondary N) is 1. The van der Waals surface area contributed by atoms with Gasteiger partial charge in [-0.05, 0) is 19.0 Å². The molecular weight excluding hydrogens is 254 g/mol. The van der Waals surface area contributed by atoms with E-state index in [1.165, 1.54) is 22.5 Å². The third kappa shape index (κ3) is 1.72. The highest BCUT2D eigenvalue weighted by Crippen LogP contribution is 2.34. The maximum absolute atomic E-state index is 9.57. The molecule has 1 unspecified atom stereocenters. The van der Waals surface area contributed by atoms with Crippen LogP contribution in [-0.2, 0) is 25.9 Å². The van der Waals surface area contributed by atoms with Crippen LogP contribution in [0.2, 0.25) is 0 Å². The van der Waals surface area contributed by atoms with E-state index in [1.54, 1.807) is 0 Å². The summed E-state index contributed by atoms with van der Waals surface area (Å²) in [5, 5.41) is 21.7. The fraction of sp³-hybridized carbons (Fsp3) is 0.571. The second kappa shape index (κ2) is 4.43. The number of aromatic amines is 1. The van der Waals surface area contributed by atoms with Crippen molar-refractivity contribution in [3.63, 3.8) is 0 Å². The summed E-state index contributed by atoms with van der Waals surface area (Å²) in [6, 6.07) is 0. The highest BCUT2D eigenvalue weighted by atomic mass is 16.3. The van der Waals surface area contributed by atoms with Crippen molar-refractivity contribution < 1.29 is 5.11 Å². The first kappa shape index (κ1) is 12.1. The van der Waals surface area contributed by atoms with Gasteiger partial charge in [-0.1, -0.05) is 0 Å². The smallest absolute Gasteiger partial charge is 0.0911 e. The largest absolute Gasteiger partial charge is 0.396 e. The van der Waals surface area contributed by atoms with Crippen molar-refractivity contribution in [2.24, 2.45) is 5.92 Å². The molecule has 0 aromatic carbocycles. The number of likely N-dealkylation sites (N-methyl/N-ethyl adjacent to an activating group) is 1. The highest BCUT2D eigenvalue weighted by Gasteiger charge is 2.30. The first-order valence-corrected chi connectivity index (χ1v) is 7.17. The van der Waals surface area contributed by atoms with Gasteiger partial charge >= 0.3 is 0 Å². The predicted octanol–water partition coefficient (Wildman–Crippen LogP) is 0.426. The van der Waals surface area contributed by atoms with Crippen LogP contribution in [0.5, 0.6) is 0 Å². The Labute approximate surface area is 117 Å². The molecule has 2 N–H and O–H groups in total. The molecule has 0 saturated heterocycles. The summed E-state index contributed by atoms with van der Waals surface area (Å²) in [5.41, 5.74) is 5.99. The van der Waals surface area contributed by atoms with Crippen molar-refractivity contribution in [2.75, 3.05) is 20.2 Å². The zero-order valence-corrected chi connectivity index (χ0v) is 11.6. The second-order valence-corrected chi connectivity index (χ2v) is 5.97. The molecule has 2 aromatic rings. The number of aliphatic hydroxyl groups is 1. The van der Waals surface area contributed by atoms with Gasteiger partial charge in [0, 0.05) is 44.1 Å². The molecule has 0 radical (unpaired) electrons. The topological polar surface area (TPSA) is 70.0 Å². The maximum Gasteiger partial charge on any atom is 0.0911 e. The Kier molecular flexibility index (Phi) is 2.68. The fourth-order valence-electron chi connectivity index (χ4n) is 3.39. The van der Waals surface area contributed by atoms with Gasteiger partial charge in [0.1, 0.15) is 0 Å². The van der Waals surface area contributed by atoms with E-state index in [-0.39, 0.29) is 12.5 Å². The lowest BCUT2D eigenvalue weighted by atomic mass is 9.99. The number of nitrogens with zero attached hydrogens (tertiary/aromatic N) is 4. The van der Waals surface area contributed by atoms with Crippen molar-refractivity contribution in [2.45, 2.75) is 25.9 Å². The minimum absolute atomic E-state index is 0.189. The normalized spacial score (nSPS) is 22.0. The number of fused-ring (bicyclic) bond motifs is 5. The molecule has 0 aliphatic carbocycles. The standard InChI is InChI=1S/C14H19N5O/c1-18-3-2-12-11(7-18)14-13-10(5-15-16-13)4-9(8-20)6-19(14)17-12/h5,9,20H,2-4,6-8H2,1H3,(H,15,16). The molecule has 0 bridgehead atoms.